The van der Waals surface area contributed by atoms with E-state index in [0.29, 0.717) is 6.54 Å². The number of hydrogen-bond donors (Lipinski definition) is 1. The number of amides is 1. The lowest BCUT2D eigenvalue weighted by molar-refractivity contribution is -0.117. The average Bonchev–Trinajstić information content (AvgIpc) is 3.29. The second-order valence-electron chi connectivity index (χ2n) is 7.11. The van der Waals surface area contributed by atoms with Crippen molar-refractivity contribution in [1.29, 1.82) is 5.26 Å². The van der Waals surface area contributed by atoms with Crippen LogP contribution in [0.15, 0.2) is 71.8 Å². The molecule has 0 aliphatic carbocycles. The number of nitrogens with one attached hydrogen (secondary N) is 1. The topological polar surface area (TPSA) is 71.3 Å². The molecule has 29 heavy (non-hydrogen) atoms. The van der Waals surface area contributed by atoms with E-state index in [1.165, 1.54) is 0 Å². The van der Waals surface area contributed by atoms with Crippen molar-refractivity contribution >= 4 is 12.0 Å². The Labute approximate surface area is 170 Å². The molecule has 0 saturated carbocycles. The van der Waals surface area contributed by atoms with Crippen LogP contribution in [0.3, 0.4) is 0 Å². The maximum atomic E-state index is 12.6. The van der Waals surface area contributed by atoms with Crippen molar-refractivity contribution in [3.8, 4) is 11.8 Å². The van der Waals surface area contributed by atoms with Crippen molar-refractivity contribution in [3.05, 3.63) is 82.9 Å². The number of carbonyl (C=O) groups excluding carboxylic acids is 1. The lowest BCUT2D eigenvalue weighted by Crippen LogP contribution is -2.32. The first-order valence-electron chi connectivity index (χ1n) is 9.78. The number of fused-ring (bicyclic) bond motifs is 1. The summed E-state index contributed by atoms with van der Waals surface area (Å²) in [6, 6.07) is 19.5. The van der Waals surface area contributed by atoms with Crippen molar-refractivity contribution in [2.24, 2.45) is 0 Å². The van der Waals surface area contributed by atoms with Crippen molar-refractivity contribution < 1.29 is 14.3 Å². The normalized spacial score (nSPS) is 20.8. The number of para-hydroxylation sites is 1. The number of hydrogen-bond acceptors (Lipinski definition) is 4. The number of benzene rings is 2. The molecule has 1 amide bonds. The fraction of sp³-hybridized carbons (Fsp3) is 0.250. The van der Waals surface area contributed by atoms with Crippen LogP contribution < -0.4 is 10.1 Å². The smallest absolute Gasteiger partial charge is 0.262 e. The van der Waals surface area contributed by atoms with E-state index in [2.05, 4.69) is 5.32 Å². The highest BCUT2D eigenvalue weighted by molar-refractivity contribution is 5.98. The Morgan fingerprint density at radius 1 is 1.17 bits per heavy atom. The molecule has 2 unspecified atom stereocenters. The Kier molecular flexibility index (Phi) is 5.73. The van der Waals surface area contributed by atoms with Crippen LogP contribution in [0.2, 0.25) is 0 Å². The molecule has 1 fully saturated rings. The van der Waals surface area contributed by atoms with E-state index in [1.807, 2.05) is 66.7 Å². The van der Waals surface area contributed by atoms with Crippen LogP contribution in [0.4, 0.5) is 0 Å². The van der Waals surface area contributed by atoms with E-state index >= 15 is 0 Å². The van der Waals surface area contributed by atoms with Gasteiger partial charge in [0.25, 0.3) is 5.91 Å². The predicted molar refractivity (Wildman–Crippen MR) is 110 cm³/mol. The van der Waals surface area contributed by atoms with Crippen LogP contribution in [-0.4, -0.2) is 25.2 Å². The van der Waals surface area contributed by atoms with E-state index in [-0.39, 0.29) is 17.8 Å². The maximum absolute atomic E-state index is 12.6. The Hall–Kier alpha value is -3.36. The van der Waals surface area contributed by atoms with Crippen molar-refractivity contribution in [2.75, 3.05) is 13.2 Å². The van der Waals surface area contributed by atoms with Gasteiger partial charge in [-0.2, -0.15) is 5.26 Å². The first-order valence-corrected chi connectivity index (χ1v) is 9.78. The van der Waals surface area contributed by atoms with Gasteiger partial charge in [0, 0.05) is 18.7 Å². The van der Waals surface area contributed by atoms with Gasteiger partial charge in [-0.25, -0.2) is 0 Å². The standard InChI is InChI=1S/C24H22N2O3/c25-15-20(24(27)26-16-21-10-6-12-28-21)14-19-13-18-9-4-5-11-22(18)29-23(19)17-7-2-1-3-8-17/h1-5,7-9,11,13-14,21,23H,6,10,12,16H2,(H,26,27). The van der Waals surface area contributed by atoms with Crippen molar-refractivity contribution in [3.63, 3.8) is 0 Å². The third-order valence-corrected chi connectivity index (χ3v) is 5.08. The molecule has 5 nitrogen and oxygen atoms in total. The summed E-state index contributed by atoms with van der Waals surface area (Å²) in [7, 11) is 0. The molecule has 4 rings (SSSR count). The Bertz CT molecular complexity index is 983. The number of nitrogens with zero attached hydrogens (tertiary/aromatic N) is 1. The fourth-order valence-corrected chi connectivity index (χ4v) is 3.59. The average molecular weight is 386 g/mol. The van der Waals surface area contributed by atoms with Crippen LogP contribution in [0.1, 0.15) is 30.1 Å². The van der Waals surface area contributed by atoms with Gasteiger partial charge < -0.3 is 14.8 Å². The van der Waals surface area contributed by atoms with Crippen LogP contribution in [-0.2, 0) is 9.53 Å². The highest BCUT2D eigenvalue weighted by Gasteiger charge is 2.25. The summed E-state index contributed by atoms with van der Waals surface area (Å²) in [6.07, 6.45) is 5.17. The van der Waals surface area contributed by atoms with Gasteiger partial charge in [0.05, 0.1) is 6.10 Å². The largest absolute Gasteiger partial charge is 0.480 e. The lowest BCUT2D eigenvalue weighted by atomic mass is 9.94. The minimum absolute atomic E-state index is 0.0278. The third-order valence-electron chi connectivity index (χ3n) is 5.08. The van der Waals surface area contributed by atoms with E-state index in [0.717, 1.165) is 41.9 Å². The lowest BCUT2D eigenvalue weighted by Gasteiger charge is -2.26. The van der Waals surface area contributed by atoms with Gasteiger partial charge >= 0.3 is 0 Å². The monoisotopic (exact) mass is 386 g/mol. The van der Waals surface area contributed by atoms with Crippen molar-refractivity contribution in [1.82, 2.24) is 5.32 Å². The molecular weight excluding hydrogens is 364 g/mol. The molecule has 1 N–H and O–H groups in total. The number of rotatable bonds is 5. The zero-order valence-corrected chi connectivity index (χ0v) is 16.0. The van der Waals surface area contributed by atoms with Gasteiger partial charge in [-0.1, -0.05) is 48.5 Å². The molecule has 0 radical (unpaired) electrons. The summed E-state index contributed by atoms with van der Waals surface area (Å²) in [5.41, 5.74) is 2.70. The van der Waals surface area contributed by atoms with Crippen LogP contribution in [0.5, 0.6) is 5.75 Å². The minimum atomic E-state index is -0.394. The first-order chi connectivity index (χ1) is 14.2. The Morgan fingerprint density at radius 2 is 1.97 bits per heavy atom. The summed E-state index contributed by atoms with van der Waals surface area (Å²) in [5, 5.41) is 12.4. The molecule has 2 aromatic carbocycles. The number of ether oxygens (including phenoxy) is 2. The zero-order valence-electron chi connectivity index (χ0n) is 16.0. The van der Waals surface area contributed by atoms with Crippen molar-refractivity contribution in [2.45, 2.75) is 25.0 Å². The molecule has 2 atom stereocenters. The molecule has 5 heteroatoms. The molecular formula is C24H22N2O3. The summed E-state index contributed by atoms with van der Waals surface area (Å²) < 4.78 is 11.8. The quantitative estimate of drug-likeness (QED) is 0.624. The van der Waals surface area contributed by atoms with Gasteiger partial charge in [-0.05, 0) is 42.2 Å². The number of carbonyl (C=O) groups is 1. The van der Waals surface area contributed by atoms with Crippen LogP contribution in [0.25, 0.3) is 6.08 Å². The van der Waals surface area contributed by atoms with E-state index in [4.69, 9.17) is 9.47 Å². The number of nitriles is 1. The predicted octanol–water partition coefficient (Wildman–Crippen LogP) is 3.95. The zero-order chi connectivity index (χ0) is 20.1. The SMILES string of the molecule is N#CC(=CC1=Cc2ccccc2OC1c1ccccc1)C(=O)NCC1CCCO1. The third kappa shape index (κ3) is 4.39. The fourth-order valence-electron chi connectivity index (χ4n) is 3.59. The minimum Gasteiger partial charge on any atom is -0.480 e. The Morgan fingerprint density at radius 3 is 2.72 bits per heavy atom. The Balaban J connectivity index is 1.62. The molecule has 2 aliphatic heterocycles. The van der Waals surface area contributed by atoms with Gasteiger partial charge in [-0.3, -0.25) is 4.79 Å². The summed E-state index contributed by atoms with van der Waals surface area (Å²) in [5.74, 6) is 0.384. The summed E-state index contributed by atoms with van der Waals surface area (Å²) in [6.45, 7) is 1.14. The van der Waals surface area contributed by atoms with E-state index < -0.39 is 5.91 Å². The molecule has 146 valence electrons. The van der Waals surface area contributed by atoms with Crippen LogP contribution in [0, 0.1) is 11.3 Å². The second kappa shape index (κ2) is 8.76. The highest BCUT2D eigenvalue weighted by atomic mass is 16.5. The van der Waals surface area contributed by atoms with E-state index in [1.54, 1.807) is 6.08 Å². The van der Waals surface area contributed by atoms with Gasteiger partial charge in [0.15, 0.2) is 0 Å². The molecule has 0 spiro atoms. The first kappa shape index (κ1) is 19.0. The summed E-state index contributed by atoms with van der Waals surface area (Å²) in [4.78, 5) is 12.6. The molecule has 2 aromatic rings. The van der Waals surface area contributed by atoms with Gasteiger partial charge in [0.2, 0.25) is 0 Å². The molecule has 0 aromatic heterocycles. The highest BCUT2D eigenvalue weighted by Crippen LogP contribution is 2.38. The molecule has 0 bridgehead atoms. The molecule has 1 saturated heterocycles. The summed E-state index contributed by atoms with van der Waals surface area (Å²) >= 11 is 0. The second-order valence-corrected chi connectivity index (χ2v) is 7.11. The van der Waals surface area contributed by atoms with Gasteiger partial charge in [-0.15, -0.1) is 0 Å². The maximum Gasteiger partial charge on any atom is 0.262 e. The molecule has 2 heterocycles. The molecule has 2 aliphatic rings. The van der Waals surface area contributed by atoms with Crippen LogP contribution >= 0.6 is 0 Å². The van der Waals surface area contributed by atoms with E-state index in [9.17, 15) is 10.1 Å². The van der Waals surface area contributed by atoms with Gasteiger partial charge in [0.1, 0.15) is 23.5 Å².